The Morgan fingerprint density at radius 3 is 2.33 bits per heavy atom. The van der Waals surface area contributed by atoms with Crippen molar-refractivity contribution in [1.29, 1.82) is 0 Å². The number of hydrogen-bond donors (Lipinski definition) is 1. The lowest BCUT2D eigenvalue weighted by Crippen LogP contribution is -2.23. The lowest BCUT2D eigenvalue weighted by atomic mass is 9.92. The van der Waals surface area contributed by atoms with Crippen molar-refractivity contribution < 1.29 is 4.79 Å². The van der Waals surface area contributed by atoms with Crippen molar-refractivity contribution in [2.45, 2.75) is 60.4 Å². The van der Waals surface area contributed by atoms with Crippen LogP contribution < -0.4 is 10.2 Å². The van der Waals surface area contributed by atoms with Crippen molar-refractivity contribution in [1.82, 2.24) is 0 Å². The minimum atomic E-state index is -0.00866. The Morgan fingerprint density at radius 1 is 1.07 bits per heavy atom. The number of carbonyl (C=O) groups is 1. The van der Waals surface area contributed by atoms with E-state index in [4.69, 9.17) is 0 Å². The Balaban J connectivity index is 1.81. The lowest BCUT2D eigenvalue weighted by molar-refractivity contribution is -0.117. The van der Waals surface area contributed by atoms with Gasteiger partial charge >= 0.3 is 0 Å². The minimum Gasteiger partial charge on any atom is -0.367 e. The molecule has 1 heterocycles. The van der Waals surface area contributed by atoms with Gasteiger partial charge in [-0.15, -0.1) is 0 Å². The average Bonchev–Trinajstić information content (AvgIpc) is 2.78. The van der Waals surface area contributed by atoms with Crippen LogP contribution in [0.15, 0.2) is 36.4 Å². The first-order chi connectivity index (χ1) is 12.7. The molecule has 3 nitrogen and oxygen atoms in total. The van der Waals surface area contributed by atoms with E-state index in [2.05, 4.69) is 81.2 Å². The van der Waals surface area contributed by atoms with E-state index >= 15 is 0 Å². The summed E-state index contributed by atoms with van der Waals surface area (Å²) >= 11 is 0. The first-order valence-corrected chi connectivity index (χ1v) is 9.96. The number of anilines is 2. The molecule has 144 valence electrons. The van der Waals surface area contributed by atoms with Gasteiger partial charge in [0.2, 0.25) is 5.91 Å². The van der Waals surface area contributed by atoms with Crippen molar-refractivity contribution in [3.8, 4) is 0 Å². The maximum Gasteiger partial charge on any atom is 0.224 e. The number of nitrogens with zero attached hydrogens (tertiary/aromatic N) is 1. The number of nitrogens with one attached hydrogen (secondary N) is 1. The fourth-order valence-electron chi connectivity index (χ4n) is 3.91. The van der Waals surface area contributed by atoms with Gasteiger partial charge in [0.05, 0.1) is 0 Å². The second-order valence-electron chi connectivity index (χ2n) is 9.03. The molecule has 0 unspecified atom stereocenters. The highest BCUT2D eigenvalue weighted by Crippen LogP contribution is 2.31. The standard InChI is InChI=1S/C24H32N2O/c1-17-13-21(14-18(2)23(17)25-22(27)15-24(3,4)5)26-12-8-11-19-9-6-7-10-20(19)16-26/h6-7,9-10,13-14H,8,11-12,15-16H2,1-5H3,(H,25,27). The number of hydrogen-bond acceptors (Lipinski definition) is 2. The topological polar surface area (TPSA) is 32.3 Å². The van der Waals surface area contributed by atoms with Gasteiger partial charge in [0.15, 0.2) is 0 Å². The Hall–Kier alpha value is -2.29. The van der Waals surface area contributed by atoms with E-state index in [0.29, 0.717) is 6.42 Å². The van der Waals surface area contributed by atoms with Crippen LogP contribution in [-0.2, 0) is 17.8 Å². The lowest BCUT2D eigenvalue weighted by Gasteiger charge is -2.26. The molecule has 1 aliphatic rings. The molecule has 1 N–H and O–H groups in total. The van der Waals surface area contributed by atoms with Gasteiger partial charge in [-0.25, -0.2) is 0 Å². The second-order valence-corrected chi connectivity index (χ2v) is 9.03. The van der Waals surface area contributed by atoms with Crippen LogP contribution in [0.25, 0.3) is 0 Å². The van der Waals surface area contributed by atoms with E-state index < -0.39 is 0 Å². The van der Waals surface area contributed by atoms with Crippen LogP contribution in [0.1, 0.15) is 55.9 Å². The zero-order chi connectivity index (χ0) is 19.6. The van der Waals surface area contributed by atoms with Gasteiger partial charge in [-0.1, -0.05) is 45.0 Å². The summed E-state index contributed by atoms with van der Waals surface area (Å²) in [6.45, 7) is 12.5. The smallest absolute Gasteiger partial charge is 0.224 e. The van der Waals surface area contributed by atoms with Gasteiger partial charge in [-0.3, -0.25) is 4.79 Å². The van der Waals surface area contributed by atoms with Gasteiger partial charge in [0.1, 0.15) is 0 Å². The Morgan fingerprint density at radius 2 is 1.70 bits per heavy atom. The van der Waals surface area contributed by atoms with E-state index in [-0.39, 0.29) is 11.3 Å². The molecular weight excluding hydrogens is 332 g/mol. The van der Waals surface area contributed by atoms with Gasteiger partial charge in [0, 0.05) is 30.9 Å². The van der Waals surface area contributed by atoms with Gasteiger partial charge in [-0.05, 0) is 66.5 Å². The largest absolute Gasteiger partial charge is 0.367 e. The molecule has 27 heavy (non-hydrogen) atoms. The average molecular weight is 365 g/mol. The molecule has 0 spiro atoms. The molecule has 0 aliphatic carbocycles. The summed E-state index contributed by atoms with van der Waals surface area (Å²) in [4.78, 5) is 14.8. The zero-order valence-electron chi connectivity index (χ0n) is 17.4. The molecule has 2 aromatic rings. The predicted molar refractivity (Wildman–Crippen MR) is 114 cm³/mol. The Bertz CT molecular complexity index is 810. The molecule has 3 heteroatoms. The quantitative estimate of drug-likeness (QED) is 0.765. The van der Waals surface area contributed by atoms with E-state index in [9.17, 15) is 4.79 Å². The van der Waals surface area contributed by atoms with Crippen molar-refractivity contribution in [2.24, 2.45) is 5.41 Å². The number of carbonyl (C=O) groups excluding carboxylic acids is 1. The molecule has 0 atom stereocenters. The first-order valence-electron chi connectivity index (χ1n) is 9.96. The van der Waals surface area contributed by atoms with Gasteiger partial charge in [-0.2, -0.15) is 0 Å². The maximum absolute atomic E-state index is 12.4. The van der Waals surface area contributed by atoms with Crippen LogP contribution in [0, 0.1) is 19.3 Å². The SMILES string of the molecule is Cc1cc(N2CCCc3ccccc3C2)cc(C)c1NC(=O)CC(C)(C)C. The van der Waals surface area contributed by atoms with E-state index in [0.717, 1.165) is 36.3 Å². The van der Waals surface area contributed by atoms with Crippen LogP contribution >= 0.6 is 0 Å². The van der Waals surface area contributed by atoms with Crippen molar-refractivity contribution >= 4 is 17.3 Å². The summed E-state index contributed by atoms with van der Waals surface area (Å²) in [5, 5.41) is 3.14. The summed E-state index contributed by atoms with van der Waals surface area (Å²) in [6.07, 6.45) is 2.83. The van der Waals surface area contributed by atoms with Crippen LogP contribution in [0.2, 0.25) is 0 Å². The highest BCUT2D eigenvalue weighted by Gasteiger charge is 2.19. The molecule has 0 aromatic heterocycles. The third kappa shape index (κ3) is 4.91. The summed E-state index contributed by atoms with van der Waals surface area (Å²) in [5.74, 6) is 0.0881. The molecule has 2 aromatic carbocycles. The monoisotopic (exact) mass is 364 g/mol. The molecule has 0 bridgehead atoms. The number of aryl methyl sites for hydroxylation is 3. The van der Waals surface area contributed by atoms with Crippen LogP contribution in [0.3, 0.4) is 0 Å². The van der Waals surface area contributed by atoms with Crippen molar-refractivity contribution in [3.05, 3.63) is 58.7 Å². The summed E-state index contributed by atoms with van der Waals surface area (Å²) in [6, 6.07) is 13.2. The minimum absolute atomic E-state index is 0.00866. The van der Waals surface area contributed by atoms with Crippen molar-refractivity contribution in [3.63, 3.8) is 0 Å². The first kappa shape index (κ1) is 19.5. The number of rotatable bonds is 3. The Kier molecular flexibility index (Phi) is 5.59. The number of fused-ring (bicyclic) bond motifs is 1. The van der Waals surface area contributed by atoms with Crippen LogP contribution in [0.5, 0.6) is 0 Å². The molecule has 0 saturated heterocycles. The maximum atomic E-state index is 12.4. The number of amides is 1. The molecular formula is C24H32N2O. The van der Waals surface area contributed by atoms with Gasteiger partial charge in [0.25, 0.3) is 0 Å². The molecule has 0 fully saturated rings. The molecule has 1 aliphatic heterocycles. The zero-order valence-corrected chi connectivity index (χ0v) is 17.4. The van der Waals surface area contributed by atoms with Gasteiger partial charge < -0.3 is 10.2 Å². The summed E-state index contributed by atoms with van der Waals surface area (Å²) < 4.78 is 0. The van der Waals surface area contributed by atoms with E-state index in [1.165, 1.54) is 23.2 Å². The van der Waals surface area contributed by atoms with E-state index in [1.54, 1.807) is 0 Å². The van der Waals surface area contributed by atoms with Crippen LogP contribution in [-0.4, -0.2) is 12.5 Å². The van der Waals surface area contributed by atoms with Crippen molar-refractivity contribution in [2.75, 3.05) is 16.8 Å². The highest BCUT2D eigenvalue weighted by molar-refractivity contribution is 5.93. The number of benzene rings is 2. The highest BCUT2D eigenvalue weighted by atomic mass is 16.1. The summed E-state index contributed by atoms with van der Waals surface area (Å²) in [7, 11) is 0. The summed E-state index contributed by atoms with van der Waals surface area (Å²) in [5.41, 5.74) is 7.35. The molecule has 1 amide bonds. The normalized spacial score (nSPS) is 14.5. The molecule has 0 radical (unpaired) electrons. The van der Waals surface area contributed by atoms with E-state index in [1.807, 2.05) is 0 Å². The third-order valence-electron chi connectivity index (χ3n) is 5.19. The third-order valence-corrected chi connectivity index (χ3v) is 5.19. The second kappa shape index (κ2) is 7.75. The molecule has 0 saturated carbocycles. The molecule has 3 rings (SSSR count). The Labute approximate surface area is 163 Å². The fraction of sp³-hybridized carbons (Fsp3) is 0.458. The fourth-order valence-corrected chi connectivity index (χ4v) is 3.91. The predicted octanol–water partition coefficient (Wildman–Crippen LogP) is 5.63. The van der Waals surface area contributed by atoms with Crippen LogP contribution in [0.4, 0.5) is 11.4 Å².